The molecule has 0 aromatic carbocycles. The van der Waals surface area contributed by atoms with Gasteiger partial charge in [0.25, 0.3) is 0 Å². The van der Waals surface area contributed by atoms with E-state index in [0.29, 0.717) is 0 Å². The zero-order valence-corrected chi connectivity index (χ0v) is 15.3. The molecule has 0 atom stereocenters. The molecule has 0 unspecified atom stereocenters. The first-order valence-electron chi connectivity index (χ1n) is 6.29. The number of alkyl halides is 6. The minimum absolute atomic E-state index is 0.455. The third kappa shape index (κ3) is 3.47. The first-order valence-corrected chi connectivity index (χ1v) is 12.4. The van der Waals surface area contributed by atoms with Crippen molar-refractivity contribution in [1.82, 2.24) is 3.48 Å². The molecule has 0 radical (unpaired) electrons. The Hall–Kier alpha value is -0.130. The van der Waals surface area contributed by atoms with Crippen LogP contribution in [0.25, 0.3) is 0 Å². The summed E-state index contributed by atoms with van der Waals surface area (Å²) < 4.78 is 123. The molecule has 5 nitrogen and oxygen atoms in total. The average molecular weight is 413 g/mol. The molecule has 0 aliphatic heterocycles. The molecule has 0 N–H and O–H groups in total. The van der Waals surface area contributed by atoms with Gasteiger partial charge in [0.1, 0.15) is 0 Å². The second-order valence-electron chi connectivity index (χ2n) is 5.27. The van der Waals surface area contributed by atoms with Gasteiger partial charge in [0.2, 0.25) is 0 Å². The van der Waals surface area contributed by atoms with Crippen molar-refractivity contribution < 1.29 is 43.2 Å². The van der Waals surface area contributed by atoms with Crippen molar-refractivity contribution in [3.05, 3.63) is 0 Å². The molecule has 0 bridgehead atoms. The maximum absolute atomic E-state index is 12.9. The number of hydrogen-bond acceptors (Lipinski definition) is 4. The standard InChI is InChI=1S/C9H18F6NO4PS2/c1-5-21(4,6-2,7-3)16(22(17,18)8(10,11)12)23(19,20)9(13,14)15/h5-7H2,1-4H3. The maximum atomic E-state index is 12.9. The summed E-state index contributed by atoms with van der Waals surface area (Å²) in [5.74, 6) is 0. The molecule has 0 aliphatic rings. The number of nitrogens with zero attached hydrogens (tertiary/aromatic N) is 1. The molecule has 0 rings (SSSR count). The molecule has 0 aromatic rings. The van der Waals surface area contributed by atoms with E-state index in [1.807, 2.05) is 0 Å². The Kier molecular flexibility index (Phi) is 5.96. The summed E-state index contributed by atoms with van der Waals surface area (Å²) in [6.45, 7) is -0.188. The Balaban J connectivity index is 7.15. The van der Waals surface area contributed by atoms with Crippen molar-refractivity contribution >= 4 is 26.8 Å². The molecule has 0 amide bonds. The van der Waals surface area contributed by atoms with Gasteiger partial charge in [0.05, 0.1) is 0 Å². The summed E-state index contributed by atoms with van der Waals surface area (Å²) in [7, 11) is -13.5. The molecule has 0 heterocycles. The molecule has 0 saturated heterocycles. The molecule has 142 valence electrons. The summed E-state index contributed by atoms with van der Waals surface area (Å²) in [6.07, 6.45) is -1.37. The van der Waals surface area contributed by atoms with Crippen molar-refractivity contribution in [3.63, 3.8) is 0 Å². The van der Waals surface area contributed by atoms with Gasteiger partial charge in [-0.05, 0) is 0 Å². The normalized spacial score (nSPS) is 17.1. The van der Waals surface area contributed by atoms with Crippen molar-refractivity contribution in [2.45, 2.75) is 31.8 Å². The van der Waals surface area contributed by atoms with Gasteiger partial charge in [-0.25, -0.2) is 0 Å². The molecule has 0 aliphatic carbocycles. The van der Waals surface area contributed by atoms with Crippen molar-refractivity contribution in [3.8, 4) is 0 Å². The van der Waals surface area contributed by atoms with Crippen LogP contribution in [-0.2, 0) is 20.0 Å². The molecular formula is C9H18F6NO4PS2. The van der Waals surface area contributed by atoms with Crippen molar-refractivity contribution in [2.24, 2.45) is 0 Å². The summed E-state index contributed by atoms with van der Waals surface area (Å²) in [4.78, 5) is 0. The fraction of sp³-hybridized carbons (Fsp3) is 1.00. The number of sulfonamides is 2. The molecule has 23 heavy (non-hydrogen) atoms. The Morgan fingerprint density at radius 2 is 0.957 bits per heavy atom. The number of halogens is 6. The van der Waals surface area contributed by atoms with Crippen LogP contribution in [0.5, 0.6) is 0 Å². The van der Waals surface area contributed by atoms with E-state index in [-0.39, 0.29) is 0 Å². The monoisotopic (exact) mass is 413 g/mol. The summed E-state index contributed by atoms with van der Waals surface area (Å²) >= 11 is 0. The van der Waals surface area contributed by atoms with Gasteiger partial charge in [-0.2, -0.15) is 0 Å². The van der Waals surface area contributed by atoms with E-state index in [0.717, 1.165) is 6.66 Å². The zero-order chi connectivity index (χ0) is 19.1. The van der Waals surface area contributed by atoms with Crippen LogP contribution < -0.4 is 0 Å². The van der Waals surface area contributed by atoms with E-state index in [4.69, 9.17) is 0 Å². The molecule has 14 heteroatoms. The van der Waals surface area contributed by atoms with Crippen molar-refractivity contribution in [2.75, 3.05) is 25.2 Å². The van der Waals surface area contributed by atoms with Crippen LogP contribution in [0.15, 0.2) is 0 Å². The van der Waals surface area contributed by atoms with E-state index in [1.165, 1.54) is 20.8 Å². The number of hydrogen-bond donors (Lipinski definition) is 0. The van der Waals surface area contributed by atoms with Crippen LogP contribution in [0.3, 0.4) is 0 Å². The van der Waals surface area contributed by atoms with Crippen LogP contribution >= 0.6 is 6.75 Å². The quantitative estimate of drug-likeness (QED) is 0.496. The average Bonchev–Trinajstić information content (AvgIpc) is 2.35. The fourth-order valence-electron chi connectivity index (χ4n) is 1.99. The summed E-state index contributed by atoms with van der Waals surface area (Å²) in [5, 5.41) is 0. The Morgan fingerprint density at radius 1 is 0.739 bits per heavy atom. The first kappa shape index (κ1) is 22.9. The topological polar surface area (TPSA) is 71.5 Å². The molecule has 0 fully saturated rings. The van der Waals surface area contributed by atoms with Crippen LogP contribution in [0.2, 0.25) is 0 Å². The van der Waals surface area contributed by atoms with Gasteiger partial charge in [-0.3, -0.25) is 0 Å². The predicted molar refractivity (Wildman–Crippen MR) is 76.3 cm³/mol. The molecule has 0 spiro atoms. The third-order valence-electron chi connectivity index (χ3n) is 4.22. The van der Waals surface area contributed by atoms with Crippen LogP contribution in [0.1, 0.15) is 20.8 Å². The van der Waals surface area contributed by atoms with Crippen LogP contribution in [-0.4, -0.2) is 56.5 Å². The van der Waals surface area contributed by atoms with Gasteiger partial charge < -0.3 is 0 Å². The van der Waals surface area contributed by atoms with Gasteiger partial charge in [-0.15, -0.1) is 0 Å². The second kappa shape index (κ2) is 5.99. The molecular weight excluding hydrogens is 395 g/mol. The van der Waals surface area contributed by atoms with Gasteiger partial charge in [-0.1, -0.05) is 0 Å². The summed E-state index contributed by atoms with van der Waals surface area (Å²) in [5.41, 5.74) is -12.4. The van der Waals surface area contributed by atoms with E-state index >= 15 is 0 Å². The molecule has 0 saturated carbocycles. The van der Waals surface area contributed by atoms with E-state index < -0.39 is 59.8 Å². The summed E-state index contributed by atoms with van der Waals surface area (Å²) in [6, 6.07) is 0. The Morgan fingerprint density at radius 3 is 1.09 bits per heavy atom. The van der Waals surface area contributed by atoms with Crippen molar-refractivity contribution in [1.29, 1.82) is 0 Å². The van der Waals surface area contributed by atoms with E-state index in [1.54, 1.807) is 0 Å². The first-order chi connectivity index (χ1) is 9.85. The van der Waals surface area contributed by atoms with Gasteiger partial charge >= 0.3 is 130 Å². The zero-order valence-electron chi connectivity index (χ0n) is 12.7. The fourth-order valence-corrected chi connectivity index (χ4v) is 13.9. The minimum atomic E-state index is -6.75. The van der Waals surface area contributed by atoms with Gasteiger partial charge in [0.15, 0.2) is 0 Å². The van der Waals surface area contributed by atoms with E-state index in [2.05, 4.69) is 0 Å². The SMILES string of the molecule is CCP(C)(CC)(CC)N(S(=O)(=O)C(F)(F)F)S(=O)(=O)C(F)(F)F. The molecule has 0 aromatic heterocycles. The van der Waals surface area contributed by atoms with E-state index in [9.17, 15) is 43.2 Å². The second-order valence-corrected chi connectivity index (χ2v) is 16.4. The number of rotatable bonds is 6. The van der Waals surface area contributed by atoms with Crippen LogP contribution in [0.4, 0.5) is 26.3 Å². The van der Waals surface area contributed by atoms with Crippen LogP contribution in [0, 0.1) is 0 Å². The third-order valence-corrected chi connectivity index (χ3v) is 18.2. The Bertz CT molecular complexity index is 595. The van der Waals surface area contributed by atoms with Gasteiger partial charge in [0, 0.05) is 0 Å². The Labute approximate surface area is 131 Å². The predicted octanol–water partition coefficient (Wildman–Crippen LogP) is 3.15.